The first kappa shape index (κ1) is 21.0. The average Bonchev–Trinajstić information content (AvgIpc) is 2.53. The van der Waals surface area contributed by atoms with E-state index in [-0.39, 0.29) is 10.6 Å². The van der Waals surface area contributed by atoms with Gasteiger partial charge in [-0.25, -0.2) is 8.42 Å². The van der Waals surface area contributed by atoms with Gasteiger partial charge in [0.05, 0.1) is 10.9 Å². The minimum Gasteiger partial charge on any atom is -0.406 e. The van der Waals surface area contributed by atoms with Gasteiger partial charge >= 0.3 is 6.36 Å². The fraction of sp³-hybridized carbons (Fsp3) is 0.188. The van der Waals surface area contributed by atoms with E-state index in [1.807, 2.05) is 0 Å². The number of alkyl halides is 3. The molecule has 0 aliphatic rings. The molecule has 1 atom stereocenters. The fourth-order valence-corrected chi connectivity index (χ4v) is 3.32. The second-order valence-corrected chi connectivity index (χ2v) is 7.51. The van der Waals surface area contributed by atoms with Crippen molar-refractivity contribution < 1.29 is 31.1 Å². The van der Waals surface area contributed by atoms with Crippen LogP contribution >= 0.6 is 11.6 Å². The number of halogens is 4. The van der Waals surface area contributed by atoms with E-state index in [2.05, 4.69) is 14.8 Å². The van der Waals surface area contributed by atoms with E-state index in [0.29, 0.717) is 5.02 Å². The molecule has 146 valence electrons. The van der Waals surface area contributed by atoms with Crippen LogP contribution < -0.4 is 14.8 Å². The van der Waals surface area contributed by atoms with Gasteiger partial charge in [-0.3, -0.25) is 4.79 Å². The Morgan fingerprint density at radius 2 is 1.78 bits per heavy atom. The van der Waals surface area contributed by atoms with Gasteiger partial charge < -0.3 is 10.1 Å². The molecule has 0 aromatic heterocycles. The Labute approximate surface area is 158 Å². The summed E-state index contributed by atoms with van der Waals surface area (Å²) in [6.07, 6.45) is -4.87. The number of rotatable bonds is 6. The molecule has 2 rings (SSSR count). The van der Waals surface area contributed by atoms with Crippen molar-refractivity contribution in [2.45, 2.75) is 24.2 Å². The first-order valence-corrected chi connectivity index (χ1v) is 9.27. The van der Waals surface area contributed by atoms with E-state index in [1.54, 1.807) is 0 Å². The minimum atomic E-state index is -4.87. The molecule has 0 radical (unpaired) electrons. The van der Waals surface area contributed by atoms with Gasteiger partial charge in [-0.1, -0.05) is 17.7 Å². The zero-order valence-corrected chi connectivity index (χ0v) is 15.3. The maximum atomic E-state index is 12.2. The highest BCUT2D eigenvalue weighted by molar-refractivity contribution is 7.89. The van der Waals surface area contributed by atoms with Gasteiger partial charge in [0, 0.05) is 16.8 Å². The molecule has 0 heterocycles. The SMILES string of the molecule is C[C@H](NS(=O)(=O)c1ccc(Cl)cc1)C(=O)Nc1cccc(OC(F)(F)F)c1. The highest BCUT2D eigenvalue weighted by atomic mass is 35.5. The van der Waals surface area contributed by atoms with Crippen LogP contribution in [0.2, 0.25) is 5.02 Å². The molecule has 0 saturated heterocycles. The maximum absolute atomic E-state index is 12.2. The number of anilines is 1. The lowest BCUT2D eigenvalue weighted by Gasteiger charge is -2.15. The maximum Gasteiger partial charge on any atom is 0.573 e. The number of benzene rings is 2. The Kier molecular flexibility index (Phi) is 6.34. The largest absolute Gasteiger partial charge is 0.573 e. The lowest BCUT2D eigenvalue weighted by Crippen LogP contribution is -2.41. The summed E-state index contributed by atoms with van der Waals surface area (Å²) in [5, 5.41) is 2.66. The number of sulfonamides is 1. The van der Waals surface area contributed by atoms with E-state index in [9.17, 15) is 26.4 Å². The van der Waals surface area contributed by atoms with Crippen molar-refractivity contribution in [1.29, 1.82) is 0 Å². The van der Waals surface area contributed by atoms with Crippen LogP contribution in [-0.2, 0) is 14.8 Å². The number of amides is 1. The second-order valence-electron chi connectivity index (χ2n) is 5.36. The lowest BCUT2D eigenvalue weighted by molar-refractivity contribution is -0.274. The normalized spacial score (nSPS) is 13.1. The fourth-order valence-electron chi connectivity index (χ4n) is 1.99. The summed E-state index contributed by atoms with van der Waals surface area (Å²) in [5.74, 6) is -1.29. The standard InChI is InChI=1S/C16H14ClF3N2O4S/c1-10(22-27(24,25)14-7-5-11(17)6-8-14)15(23)21-12-3-2-4-13(9-12)26-16(18,19)20/h2-10,22H,1H3,(H,21,23)/t10-/m0/s1. The minimum absolute atomic E-state index is 0.0132. The lowest BCUT2D eigenvalue weighted by atomic mass is 10.2. The van der Waals surface area contributed by atoms with Crippen LogP contribution in [-0.4, -0.2) is 26.7 Å². The van der Waals surface area contributed by atoms with Crippen molar-refractivity contribution in [3.05, 3.63) is 53.6 Å². The van der Waals surface area contributed by atoms with Gasteiger partial charge in [0.25, 0.3) is 0 Å². The molecule has 0 fully saturated rings. The van der Waals surface area contributed by atoms with Crippen molar-refractivity contribution >= 4 is 33.2 Å². The zero-order chi connectivity index (χ0) is 20.2. The van der Waals surface area contributed by atoms with Crippen LogP contribution in [0, 0.1) is 0 Å². The van der Waals surface area contributed by atoms with E-state index in [0.717, 1.165) is 12.1 Å². The van der Waals surface area contributed by atoms with Crippen molar-refractivity contribution in [3.8, 4) is 5.75 Å². The molecule has 0 saturated carbocycles. The molecule has 0 aliphatic heterocycles. The average molecular weight is 423 g/mol. The third-order valence-corrected chi connectivity index (χ3v) is 4.99. The number of carbonyl (C=O) groups is 1. The summed E-state index contributed by atoms with van der Waals surface area (Å²) in [6.45, 7) is 1.29. The monoisotopic (exact) mass is 422 g/mol. The van der Waals surface area contributed by atoms with E-state index in [4.69, 9.17) is 11.6 Å². The molecule has 1 amide bonds. The molecule has 2 N–H and O–H groups in total. The molecular weight excluding hydrogens is 409 g/mol. The van der Waals surface area contributed by atoms with Crippen molar-refractivity contribution in [2.24, 2.45) is 0 Å². The van der Waals surface area contributed by atoms with Crippen LogP contribution in [0.5, 0.6) is 5.75 Å². The molecule has 2 aromatic rings. The van der Waals surface area contributed by atoms with E-state index in [1.165, 1.54) is 43.3 Å². The van der Waals surface area contributed by atoms with Crippen LogP contribution in [0.1, 0.15) is 6.92 Å². The smallest absolute Gasteiger partial charge is 0.406 e. The molecule has 0 aliphatic carbocycles. The van der Waals surface area contributed by atoms with Gasteiger partial charge in [-0.05, 0) is 43.3 Å². The van der Waals surface area contributed by atoms with Crippen molar-refractivity contribution in [3.63, 3.8) is 0 Å². The van der Waals surface area contributed by atoms with Crippen LogP contribution in [0.4, 0.5) is 18.9 Å². The van der Waals surface area contributed by atoms with Gasteiger partial charge in [0.2, 0.25) is 15.9 Å². The molecule has 11 heteroatoms. The molecule has 2 aromatic carbocycles. The first-order chi connectivity index (χ1) is 12.5. The summed E-state index contributed by atoms with van der Waals surface area (Å²) in [6, 6.07) is 8.72. The Hall–Kier alpha value is -2.30. The first-order valence-electron chi connectivity index (χ1n) is 7.41. The Morgan fingerprint density at radius 1 is 1.15 bits per heavy atom. The Morgan fingerprint density at radius 3 is 2.37 bits per heavy atom. The Bertz CT molecular complexity index is 918. The summed E-state index contributed by atoms with van der Waals surface area (Å²) in [4.78, 5) is 12.1. The third-order valence-electron chi connectivity index (χ3n) is 3.18. The van der Waals surface area contributed by atoms with E-state index >= 15 is 0 Å². The quantitative estimate of drug-likeness (QED) is 0.745. The number of carbonyl (C=O) groups excluding carboxylic acids is 1. The summed E-state index contributed by atoms with van der Waals surface area (Å²) in [7, 11) is -3.99. The van der Waals surface area contributed by atoms with Gasteiger partial charge in [-0.2, -0.15) is 4.72 Å². The van der Waals surface area contributed by atoms with Crippen molar-refractivity contribution in [2.75, 3.05) is 5.32 Å². The number of hydrogen-bond donors (Lipinski definition) is 2. The van der Waals surface area contributed by atoms with Gasteiger partial charge in [-0.15, -0.1) is 13.2 Å². The van der Waals surface area contributed by atoms with Crippen LogP contribution in [0.15, 0.2) is 53.4 Å². The summed E-state index contributed by atoms with van der Waals surface area (Å²) >= 11 is 5.70. The molecule has 0 unspecified atom stereocenters. The highest BCUT2D eigenvalue weighted by Gasteiger charge is 2.31. The summed E-state index contributed by atoms with van der Waals surface area (Å²) in [5.41, 5.74) is 0.0132. The topological polar surface area (TPSA) is 84.5 Å². The van der Waals surface area contributed by atoms with E-state index < -0.39 is 34.1 Å². The predicted octanol–water partition coefficient (Wildman–Crippen LogP) is 3.54. The molecule has 27 heavy (non-hydrogen) atoms. The molecule has 0 bridgehead atoms. The number of ether oxygens (including phenoxy) is 1. The van der Waals surface area contributed by atoms with Crippen LogP contribution in [0.25, 0.3) is 0 Å². The predicted molar refractivity (Wildman–Crippen MR) is 93.0 cm³/mol. The zero-order valence-electron chi connectivity index (χ0n) is 13.7. The highest BCUT2D eigenvalue weighted by Crippen LogP contribution is 2.25. The molecule has 0 spiro atoms. The number of nitrogens with one attached hydrogen (secondary N) is 2. The van der Waals surface area contributed by atoms with Crippen LogP contribution in [0.3, 0.4) is 0 Å². The molecule has 6 nitrogen and oxygen atoms in total. The summed E-state index contributed by atoms with van der Waals surface area (Å²) < 4.78 is 67.1. The van der Waals surface area contributed by atoms with Crippen molar-refractivity contribution in [1.82, 2.24) is 4.72 Å². The number of hydrogen-bond acceptors (Lipinski definition) is 4. The second kappa shape index (κ2) is 8.15. The third kappa shape index (κ3) is 6.42. The Balaban J connectivity index is 2.05. The van der Waals surface area contributed by atoms with Gasteiger partial charge in [0.1, 0.15) is 5.75 Å². The molecular formula is C16H14ClF3N2O4S. The van der Waals surface area contributed by atoms with Gasteiger partial charge in [0.15, 0.2) is 0 Å².